The Kier molecular flexibility index (Phi) is 10.2. The number of nitrogens with zero attached hydrogens (tertiary/aromatic N) is 1. The molecule has 2 rings (SSSR count). The van der Waals surface area contributed by atoms with Crippen LogP contribution in [0, 0.1) is 6.92 Å². The molecule has 156 valence electrons. The van der Waals surface area contributed by atoms with Gasteiger partial charge in [-0.05, 0) is 25.3 Å². The van der Waals surface area contributed by atoms with E-state index in [1.165, 1.54) is 82.6 Å². The summed E-state index contributed by atoms with van der Waals surface area (Å²) in [6.45, 7) is 4.24. The molecule has 0 fully saturated rings. The van der Waals surface area contributed by atoms with Crippen molar-refractivity contribution < 1.29 is 0 Å². The van der Waals surface area contributed by atoms with Gasteiger partial charge in [-0.3, -0.25) is 4.57 Å². The highest BCUT2D eigenvalue weighted by atomic mass is 16.1. The highest BCUT2D eigenvalue weighted by Gasteiger charge is 2.09. The Bertz CT molecular complexity index is 724. The van der Waals surface area contributed by atoms with Crippen molar-refractivity contribution in [2.75, 3.05) is 0 Å². The fourth-order valence-electron chi connectivity index (χ4n) is 4.07. The van der Waals surface area contributed by atoms with Crippen molar-refractivity contribution in [2.45, 2.75) is 97.3 Å². The molecule has 0 spiro atoms. The van der Waals surface area contributed by atoms with Crippen LogP contribution in [0.15, 0.2) is 29.1 Å². The summed E-state index contributed by atoms with van der Waals surface area (Å²) in [6, 6.07) is 8.71. The smallest absolute Gasteiger partial charge is 0.309 e. The van der Waals surface area contributed by atoms with E-state index in [1.54, 1.807) is 4.57 Å². The zero-order valence-corrected chi connectivity index (χ0v) is 18.4. The van der Waals surface area contributed by atoms with Gasteiger partial charge in [0.05, 0.1) is 5.69 Å². The van der Waals surface area contributed by atoms with Gasteiger partial charge in [0, 0.05) is 18.3 Å². The number of nitrogens with one attached hydrogen (secondary N) is 1. The van der Waals surface area contributed by atoms with E-state index >= 15 is 0 Å². The van der Waals surface area contributed by atoms with Gasteiger partial charge in [-0.1, -0.05) is 102 Å². The maximum atomic E-state index is 11.7. The van der Waals surface area contributed by atoms with Gasteiger partial charge in [0.25, 0.3) is 0 Å². The summed E-state index contributed by atoms with van der Waals surface area (Å²) in [4.78, 5) is 14.6. The molecule has 1 aromatic heterocycles. The molecule has 1 N–H and O–H groups in total. The molecule has 0 atom stereocenters. The zero-order chi connectivity index (χ0) is 20.2. The van der Waals surface area contributed by atoms with Gasteiger partial charge >= 0.3 is 5.69 Å². The SMILES string of the molecule is CCCCCCCCCCCCCCc1ccc(-c2c(C)[nH]c(=O)n2C)cc1. The third kappa shape index (κ3) is 7.33. The van der Waals surface area contributed by atoms with Crippen molar-refractivity contribution in [3.63, 3.8) is 0 Å². The van der Waals surface area contributed by atoms with Crippen molar-refractivity contribution in [3.8, 4) is 11.3 Å². The van der Waals surface area contributed by atoms with E-state index < -0.39 is 0 Å². The van der Waals surface area contributed by atoms with Crippen molar-refractivity contribution >= 4 is 0 Å². The Hall–Kier alpha value is -1.77. The van der Waals surface area contributed by atoms with E-state index in [4.69, 9.17) is 0 Å². The van der Waals surface area contributed by atoms with Gasteiger partial charge in [0.1, 0.15) is 0 Å². The van der Waals surface area contributed by atoms with Crippen LogP contribution in [0.5, 0.6) is 0 Å². The molecule has 0 unspecified atom stereocenters. The van der Waals surface area contributed by atoms with E-state index in [-0.39, 0.29) is 5.69 Å². The minimum absolute atomic E-state index is 0.0481. The minimum atomic E-state index is -0.0481. The molecule has 0 aliphatic rings. The Morgan fingerprint density at radius 3 is 1.75 bits per heavy atom. The number of hydrogen-bond donors (Lipinski definition) is 1. The molecule has 3 nitrogen and oxygen atoms in total. The summed E-state index contributed by atoms with van der Waals surface area (Å²) in [7, 11) is 1.82. The second-order valence-electron chi connectivity index (χ2n) is 8.30. The Morgan fingerprint density at radius 2 is 1.29 bits per heavy atom. The summed E-state index contributed by atoms with van der Waals surface area (Å²) in [6.07, 6.45) is 17.9. The molecule has 0 radical (unpaired) electrons. The summed E-state index contributed by atoms with van der Waals surface area (Å²) in [5.74, 6) is 0. The normalized spacial score (nSPS) is 11.2. The van der Waals surface area contributed by atoms with E-state index in [9.17, 15) is 4.79 Å². The first-order valence-corrected chi connectivity index (χ1v) is 11.5. The monoisotopic (exact) mass is 384 g/mol. The first-order valence-electron chi connectivity index (χ1n) is 11.5. The van der Waals surface area contributed by atoms with Crippen LogP contribution < -0.4 is 5.69 Å². The lowest BCUT2D eigenvalue weighted by Gasteiger charge is -2.06. The molecule has 28 heavy (non-hydrogen) atoms. The molecule has 0 saturated carbocycles. The Morgan fingerprint density at radius 1 is 0.786 bits per heavy atom. The molecule has 2 aromatic rings. The van der Waals surface area contributed by atoms with Crippen molar-refractivity contribution in [3.05, 3.63) is 46.0 Å². The topological polar surface area (TPSA) is 37.8 Å². The van der Waals surface area contributed by atoms with Gasteiger partial charge in [-0.2, -0.15) is 0 Å². The number of benzene rings is 1. The maximum Gasteiger partial charge on any atom is 0.325 e. The van der Waals surface area contributed by atoms with Gasteiger partial charge < -0.3 is 4.98 Å². The molecule has 1 aromatic carbocycles. The number of imidazole rings is 1. The van der Waals surface area contributed by atoms with Crippen LogP contribution in [0.4, 0.5) is 0 Å². The quantitative estimate of drug-likeness (QED) is 0.352. The molecular formula is C25H40N2O. The average Bonchev–Trinajstić information content (AvgIpc) is 2.95. The van der Waals surface area contributed by atoms with Crippen molar-refractivity contribution in [1.29, 1.82) is 0 Å². The summed E-state index contributed by atoms with van der Waals surface area (Å²) < 4.78 is 1.69. The molecular weight excluding hydrogens is 344 g/mol. The molecule has 3 heteroatoms. The predicted octanol–water partition coefficient (Wildman–Crippen LogP) is 6.93. The molecule has 0 bridgehead atoms. The van der Waals surface area contributed by atoms with Crippen LogP contribution in [0.1, 0.15) is 95.2 Å². The van der Waals surface area contributed by atoms with Crippen LogP contribution in [0.3, 0.4) is 0 Å². The number of hydrogen-bond acceptors (Lipinski definition) is 1. The second-order valence-corrected chi connectivity index (χ2v) is 8.30. The predicted molar refractivity (Wildman–Crippen MR) is 121 cm³/mol. The Balaban J connectivity index is 1.57. The van der Waals surface area contributed by atoms with Crippen molar-refractivity contribution in [1.82, 2.24) is 9.55 Å². The van der Waals surface area contributed by atoms with Crippen LogP contribution in [-0.2, 0) is 13.5 Å². The first-order chi connectivity index (χ1) is 13.6. The van der Waals surface area contributed by atoms with Crippen LogP contribution >= 0.6 is 0 Å². The van der Waals surface area contributed by atoms with Crippen LogP contribution in [0.2, 0.25) is 0 Å². The molecule has 0 aliphatic carbocycles. The highest BCUT2D eigenvalue weighted by Crippen LogP contribution is 2.21. The average molecular weight is 385 g/mol. The number of aromatic amines is 1. The number of unbranched alkanes of at least 4 members (excludes halogenated alkanes) is 11. The molecule has 0 amide bonds. The fourth-order valence-corrected chi connectivity index (χ4v) is 4.07. The number of aryl methyl sites for hydroxylation is 2. The van der Waals surface area contributed by atoms with E-state index in [1.807, 2.05) is 14.0 Å². The van der Waals surface area contributed by atoms with E-state index in [0.29, 0.717) is 0 Å². The van der Waals surface area contributed by atoms with Crippen LogP contribution in [-0.4, -0.2) is 9.55 Å². The number of rotatable bonds is 14. The van der Waals surface area contributed by atoms with Crippen LogP contribution in [0.25, 0.3) is 11.3 Å². The Labute approximate surface area is 171 Å². The summed E-state index contributed by atoms with van der Waals surface area (Å²) in [5.41, 5.74) is 4.38. The largest absolute Gasteiger partial charge is 0.325 e. The third-order valence-electron chi connectivity index (χ3n) is 5.84. The van der Waals surface area contributed by atoms with Gasteiger partial charge in [-0.25, -0.2) is 4.79 Å². The van der Waals surface area contributed by atoms with Gasteiger partial charge in [-0.15, -0.1) is 0 Å². The zero-order valence-electron chi connectivity index (χ0n) is 18.4. The lowest BCUT2D eigenvalue weighted by Crippen LogP contribution is -2.13. The molecule has 0 saturated heterocycles. The third-order valence-corrected chi connectivity index (χ3v) is 5.84. The van der Waals surface area contributed by atoms with Crippen molar-refractivity contribution in [2.24, 2.45) is 7.05 Å². The van der Waals surface area contributed by atoms with E-state index in [2.05, 4.69) is 36.2 Å². The molecule has 1 heterocycles. The summed E-state index contributed by atoms with van der Waals surface area (Å²) >= 11 is 0. The minimum Gasteiger partial charge on any atom is -0.309 e. The lowest BCUT2D eigenvalue weighted by atomic mass is 10.0. The highest BCUT2D eigenvalue weighted by molar-refractivity contribution is 5.62. The van der Waals surface area contributed by atoms with Gasteiger partial charge in [0.2, 0.25) is 0 Å². The van der Waals surface area contributed by atoms with E-state index in [0.717, 1.165) is 23.4 Å². The lowest BCUT2D eigenvalue weighted by molar-refractivity contribution is 0.544. The number of aromatic nitrogens is 2. The van der Waals surface area contributed by atoms with Gasteiger partial charge in [0.15, 0.2) is 0 Å². The maximum absolute atomic E-state index is 11.7. The summed E-state index contributed by atoms with van der Waals surface area (Å²) in [5, 5.41) is 0. The molecule has 0 aliphatic heterocycles. The standard InChI is InChI=1S/C25H40N2O/c1-4-5-6-7-8-9-10-11-12-13-14-15-16-22-17-19-23(20-18-22)24-21(2)26-25(28)27(24)3/h17-20H,4-16H2,1-3H3,(H,26,28). The second kappa shape index (κ2) is 12.6. The first kappa shape index (κ1) is 22.5. The number of H-pyrrole nitrogens is 1. The fraction of sp³-hybridized carbons (Fsp3) is 0.640.